The zero-order chi connectivity index (χ0) is 15.3. The Hall–Kier alpha value is -1.60. The first-order chi connectivity index (χ1) is 9.27. The third-order valence-corrected chi connectivity index (χ3v) is 4.79. The van der Waals surface area contributed by atoms with Crippen LogP contribution in [0.1, 0.15) is 15.9 Å². The summed E-state index contributed by atoms with van der Waals surface area (Å²) in [5, 5.41) is 5.62. The average Bonchev–Trinajstić information content (AvgIpc) is 2.37. The lowest BCUT2D eigenvalue weighted by atomic mass is 10.1. The highest BCUT2D eigenvalue weighted by molar-refractivity contribution is 7.89. The van der Waals surface area contributed by atoms with Gasteiger partial charge in [0.2, 0.25) is 10.0 Å². The van der Waals surface area contributed by atoms with Crippen LogP contribution in [-0.4, -0.2) is 52.1 Å². The first-order valence-corrected chi connectivity index (χ1v) is 7.85. The molecule has 0 aliphatic heterocycles. The van der Waals surface area contributed by atoms with Crippen molar-refractivity contribution in [3.8, 4) is 0 Å². The third-order valence-electron chi connectivity index (χ3n) is 2.96. The van der Waals surface area contributed by atoms with Crippen LogP contribution in [0, 0.1) is 6.92 Å². The quantitative estimate of drug-likeness (QED) is 0.809. The summed E-state index contributed by atoms with van der Waals surface area (Å²) < 4.78 is 24.3. The molecular weight excluding hydrogens is 278 g/mol. The van der Waals surface area contributed by atoms with E-state index in [0.29, 0.717) is 5.56 Å². The van der Waals surface area contributed by atoms with Gasteiger partial charge in [-0.2, -0.15) is 0 Å². The molecule has 0 unspecified atom stereocenters. The van der Waals surface area contributed by atoms with Crippen molar-refractivity contribution in [2.24, 2.45) is 0 Å². The van der Waals surface area contributed by atoms with E-state index in [1.165, 1.54) is 14.1 Å². The molecule has 1 aromatic rings. The first-order valence-electron chi connectivity index (χ1n) is 6.24. The van der Waals surface area contributed by atoms with Gasteiger partial charge in [-0.05, 0) is 30.7 Å². The minimum absolute atomic E-state index is 0.0898. The largest absolute Gasteiger partial charge is 0.388 e. The average molecular weight is 299 g/mol. The van der Waals surface area contributed by atoms with E-state index in [1.807, 2.05) is 13.0 Å². The summed E-state index contributed by atoms with van der Waals surface area (Å²) in [5.41, 5.74) is 2.31. The topological polar surface area (TPSA) is 78.5 Å². The summed E-state index contributed by atoms with van der Waals surface area (Å²) in [6, 6.07) is 5.39. The molecule has 1 aromatic carbocycles. The van der Waals surface area contributed by atoms with Gasteiger partial charge >= 0.3 is 0 Å². The maximum absolute atomic E-state index is 12.0. The SMILES string of the molecule is CNc1ccc(C(=O)NCCS(=O)(=O)N(C)C)c(C)c1. The fourth-order valence-corrected chi connectivity index (χ4v) is 2.37. The Kier molecular flexibility index (Phi) is 5.52. The Labute approximate surface area is 120 Å². The lowest BCUT2D eigenvalue weighted by molar-refractivity contribution is 0.0955. The molecule has 0 aliphatic carbocycles. The molecule has 0 heterocycles. The Morgan fingerprint density at radius 1 is 1.30 bits per heavy atom. The number of rotatable bonds is 6. The summed E-state index contributed by atoms with van der Waals surface area (Å²) in [4.78, 5) is 12.0. The van der Waals surface area contributed by atoms with Gasteiger partial charge in [-0.3, -0.25) is 4.79 Å². The standard InChI is InChI=1S/C13H21N3O3S/c1-10-9-11(14-2)5-6-12(10)13(17)15-7-8-20(18,19)16(3)4/h5-6,9,14H,7-8H2,1-4H3,(H,15,17). The van der Waals surface area contributed by atoms with Crippen LogP contribution >= 0.6 is 0 Å². The second kappa shape index (κ2) is 6.71. The Morgan fingerprint density at radius 3 is 2.45 bits per heavy atom. The van der Waals surface area contributed by atoms with E-state index in [9.17, 15) is 13.2 Å². The summed E-state index contributed by atoms with van der Waals surface area (Å²) in [5.74, 6) is -0.376. The van der Waals surface area contributed by atoms with E-state index in [2.05, 4.69) is 10.6 Å². The first kappa shape index (κ1) is 16.5. The third kappa shape index (κ3) is 4.21. The normalized spacial score (nSPS) is 11.4. The zero-order valence-electron chi connectivity index (χ0n) is 12.2. The Morgan fingerprint density at radius 2 is 1.95 bits per heavy atom. The van der Waals surface area contributed by atoms with Gasteiger partial charge in [0.1, 0.15) is 0 Å². The molecule has 0 bridgehead atoms. The number of nitrogens with zero attached hydrogens (tertiary/aromatic N) is 1. The van der Waals surface area contributed by atoms with Gasteiger partial charge in [-0.25, -0.2) is 12.7 Å². The van der Waals surface area contributed by atoms with Gasteiger partial charge in [-0.15, -0.1) is 0 Å². The molecule has 0 radical (unpaired) electrons. The second-order valence-electron chi connectivity index (χ2n) is 4.63. The highest BCUT2D eigenvalue weighted by Gasteiger charge is 2.15. The molecule has 2 N–H and O–H groups in total. The van der Waals surface area contributed by atoms with Gasteiger partial charge in [0.15, 0.2) is 0 Å². The van der Waals surface area contributed by atoms with Crippen molar-refractivity contribution in [2.45, 2.75) is 6.92 Å². The fourth-order valence-electron chi connectivity index (χ4n) is 1.65. The molecule has 0 atom stereocenters. The van der Waals surface area contributed by atoms with Gasteiger partial charge in [0.25, 0.3) is 5.91 Å². The summed E-state index contributed by atoms with van der Waals surface area (Å²) in [7, 11) is 1.46. The number of carbonyl (C=O) groups is 1. The van der Waals surface area contributed by atoms with E-state index < -0.39 is 10.0 Å². The number of carbonyl (C=O) groups excluding carboxylic acids is 1. The molecule has 1 rings (SSSR count). The van der Waals surface area contributed by atoms with Crippen molar-refractivity contribution >= 4 is 21.6 Å². The van der Waals surface area contributed by atoms with Crippen LogP contribution in [0.5, 0.6) is 0 Å². The number of hydrogen-bond donors (Lipinski definition) is 2. The highest BCUT2D eigenvalue weighted by atomic mass is 32.2. The van der Waals surface area contributed by atoms with Crippen LogP contribution in [0.25, 0.3) is 0 Å². The molecule has 0 aromatic heterocycles. The number of aryl methyl sites for hydroxylation is 1. The number of hydrogen-bond acceptors (Lipinski definition) is 4. The van der Waals surface area contributed by atoms with Crippen molar-refractivity contribution in [3.63, 3.8) is 0 Å². The van der Waals surface area contributed by atoms with E-state index in [-0.39, 0.29) is 18.2 Å². The van der Waals surface area contributed by atoms with Crippen molar-refractivity contribution < 1.29 is 13.2 Å². The fraction of sp³-hybridized carbons (Fsp3) is 0.462. The van der Waals surface area contributed by atoms with E-state index in [0.717, 1.165) is 15.6 Å². The van der Waals surface area contributed by atoms with E-state index in [4.69, 9.17) is 0 Å². The monoisotopic (exact) mass is 299 g/mol. The molecular formula is C13H21N3O3S. The van der Waals surface area contributed by atoms with Gasteiger partial charge in [-0.1, -0.05) is 0 Å². The molecule has 112 valence electrons. The van der Waals surface area contributed by atoms with Crippen molar-refractivity contribution in [1.82, 2.24) is 9.62 Å². The van der Waals surface area contributed by atoms with E-state index in [1.54, 1.807) is 19.2 Å². The predicted molar refractivity (Wildman–Crippen MR) is 80.5 cm³/mol. The van der Waals surface area contributed by atoms with Gasteiger partial charge < -0.3 is 10.6 Å². The van der Waals surface area contributed by atoms with Crippen molar-refractivity contribution in [1.29, 1.82) is 0 Å². The predicted octanol–water partition coefficient (Wildman–Crippen LogP) is 0.658. The molecule has 0 fully saturated rings. The van der Waals surface area contributed by atoms with Gasteiger partial charge in [0.05, 0.1) is 5.75 Å². The number of nitrogens with one attached hydrogen (secondary N) is 2. The number of benzene rings is 1. The maximum atomic E-state index is 12.0. The highest BCUT2D eigenvalue weighted by Crippen LogP contribution is 2.14. The number of anilines is 1. The Bertz CT molecular complexity index is 583. The molecule has 7 heteroatoms. The van der Waals surface area contributed by atoms with Crippen LogP contribution < -0.4 is 10.6 Å². The molecule has 6 nitrogen and oxygen atoms in total. The Balaban J connectivity index is 2.64. The minimum atomic E-state index is -3.29. The molecule has 0 saturated heterocycles. The summed E-state index contributed by atoms with van der Waals surface area (Å²) >= 11 is 0. The molecule has 0 saturated carbocycles. The summed E-state index contributed by atoms with van der Waals surface area (Å²) in [6.45, 7) is 1.93. The molecule has 20 heavy (non-hydrogen) atoms. The van der Waals surface area contributed by atoms with E-state index >= 15 is 0 Å². The molecule has 1 amide bonds. The van der Waals surface area contributed by atoms with Crippen LogP contribution in [0.3, 0.4) is 0 Å². The zero-order valence-corrected chi connectivity index (χ0v) is 13.0. The minimum Gasteiger partial charge on any atom is -0.388 e. The van der Waals surface area contributed by atoms with Crippen LogP contribution in [0.15, 0.2) is 18.2 Å². The number of sulfonamides is 1. The van der Waals surface area contributed by atoms with Crippen LogP contribution in [0.4, 0.5) is 5.69 Å². The molecule has 0 spiro atoms. The lowest BCUT2D eigenvalue weighted by Gasteiger charge is -2.12. The van der Waals surface area contributed by atoms with Crippen LogP contribution in [0.2, 0.25) is 0 Å². The second-order valence-corrected chi connectivity index (χ2v) is 6.94. The summed E-state index contributed by atoms with van der Waals surface area (Å²) in [6.07, 6.45) is 0. The van der Waals surface area contributed by atoms with Crippen molar-refractivity contribution in [3.05, 3.63) is 29.3 Å². The number of amides is 1. The maximum Gasteiger partial charge on any atom is 0.251 e. The van der Waals surface area contributed by atoms with Crippen molar-refractivity contribution in [2.75, 3.05) is 38.8 Å². The van der Waals surface area contributed by atoms with Gasteiger partial charge in [0, 0.05) is 38.9 Å². The van der Waals surface area contributed by atoms with Crippen LogP contribution in [-0.2, 0) is 10.0 Å². The molecule has 0 aliphatic rings. The lowest BCUT2D eigenvalue weighted by Crippen LogP contribution is -2.34. The smallest absolute Gasteiger partial charge is 0.251 e.